The van der Waals surface area contributed by atoms with Gasteiger partial charge in [-0.3, -0.25) is 0 Å². The molecule has 0 bridgehead atoms. The first-order valence-corrected chi connectivity index (χ1v) is 8.47. The van der Waals surface area contributed by atoms with Gasteiger partial charge < -0.3 is 10.1 Å². The number of nitrogens with one attached hydrogen (secondary N) is 1. The summed E-state index contributed by atoms with van der Waals surface area (Å²) in [5.41, 5.74) is 5.22. The third kappa shape index (κ3) is 2.81. The van der Waals surface area contributed by atoms with E-state index in [4.69, 9.17) is 4.74 Å². The predicted octanol–water partition coefficient (Wildman–Crippen LogP) is 4.23. The van der Waals surface area contributed by atoms with E-state index < -0.39 is 0 Å². The Morgan fingerprint density at radius 2 is 1.90 bits per heavy atom. The molecule has 1 aliphatic rings. The Balaban J connectivity index is 2.11. The number of aryl methyl sites for hydroxylation is 2. The molecule has 0 aliphatic carbocycles. The van der Waals surface area contributed by atoms with Gasteiger partial charge in [0.15, 0.2) is 0 Å². The zero-order chi connectivity index (χ0) is 14.8. The van der Waals surface area contributed by atoms with Crippen LogP contribution in [-0.2, 0) is 6.42 Å². The van der Waals surface area contributed by atoms with Crippen molar-refractivity contribution in [3.8, 4) is 5.75 Å². The van der Waals surface area contributed by atoms with E-state index in [0.29, 0.717) is 0 Å². The number of fused-ring (bicyclic) bond motifs is 1. The van der Waals surface area contributed by atoms with Crippen molar-refractivity contribution < 1.29 is 4.74 Å². The smallest absolute Gasteiger partial charge is 0.127 e. The summed E-state index contributed by atoms with van der Waals surface area (Å²) in [6.45, 7) is 2.99. The summed E-state index contributed by atoms with van der Waals surface area (Å²) in [6.07, 6.45) is 2.23. The summed E-state index contributed by atoms with van der Waals surface area (Å²) in [5.74, 6) is 1.08. The van der Waals surface area contributed by atoms with Crippen molar-refractivity contribution in [2.45, 2.75) is 25.8 Å². The third-order valence-electron chi connectivity index (χ3n) is 4.10. The Labute approximate surface area is 140 Å². The van der Waals surface area contributed by atoms with E-state index in [-0.39, 0.29) is 6.04 Å². The number of hydrogen-bond acceptors (Lipinski definition) is 2. The molecule has 0 amide bonds. The SMILES string of the molecule is CNC(c1cccc(C)c1I)c1cccc2c1OCCC2. The van der Waals surface area contributed by atoms with Crippen LogP contribution in [-0.4, -0.2) is 13.7 Å². The Morgan fingerprint density at radius 1 is 1.14 bits per heavy atom. The molecule has 3 rings (SSSR count). The summed E-state index contributed by atoms with van der Waals surface area (Å²) >= 11 is 2.45. The fraction of sp³-hybridized carbons (Fsp3) is 0.333. The molecule has 0 spiro atoms. The second-order valence-corrected chi connectivity index (χ2v) is 6.57. The second kappa shape index (κ2) is 6.36. The van der Waals surface area contributed by atoms with Gasteiger partial charge in [0.2, 0.25) is 0 Å². The van der Waals surface area contributed by atoms with Crippen LogP contribution in [0.15, 0.2) is 36.4 Å². The first kappa shape index (κ1) is 14.9. The molecule has 0 radical (unpaired) electrons. The first-order valence-electron chi connectivity index (χ1n) is 7.39. The van der Waals surface area contributed by atoms with Gasteiger partial charge in [0.1, 0.15) is 5.75 Å². The highest BCUT2D eigenvalue weighted by Gasteiger charge is 2.23. The van der Waals surface area contributed by atoms with Gasteiger partial charge in [-0.15, -0.1) is 0 Å². The number of rotatable bonds is 3. The van der Waals surface area contributed by atoms with Crippen molar-refractivity contribution in [2.24, 2.45) is 0 Å². The number of halogens is 1. The molecular weight excluding hydrogens is 373 g/mol. The van der Waals surface area contributed by atoms with Gasteiger partial charge in [0.05, 0.1) is 12.6 Å². The first-order chi connectivity index (χ1) is 10.2. The fourth-order valence-electron chi connectivity index (χ4n) is 3.01. The van der Waals surface area contributed by atoms with Gasteiger partial charge in [0.25, 0.3) is 0 Å². The lowest BCUT2D eigenvalue weighted by Gasteiger charge is -2.26. The number of hydrogen-bond donors (Lipinski definition) is 1. The van der Waals surface area contributed by atoms with Crippen molar-refractivity contribution in [3.05, 3.63) is 62.2 Å². The summed E-state index contributed by atoms with van der Waals surface area (Å²) < 4.78 is 7.31. The van der Waals surface area contributed by atoms with E-state index in [1.54, 1.807) is 0 Å². The molecule has 0 saturated carbocycles. The maximum absolute atomic E-state index is 5.99. The molecule has 1 aliphatic heterocycles. The van der Waals surface area contributed by atoms with Crippen LogP contribution in [0.3, 0.4) is 0 Å². The molecule has 1 atom stereocenters. The lowest BCUT2D eigenvalue weighted by molar-refractivity contribution is 0.283. The maximum Gasteiger partial charge on any atom is 0.127 e. The highest BCUT2D eigenvalue weighted by atomic mass is 127. The molecule has 1 unspecified atom stereocenters. The van der Waals surface area contributed by atoms with Gasteiger partial charge in [-0.05, 0) is 66.1 Å². The molecule has 0 aromatic heterocycles. The quantitative estimate of drug-likeness (QED) is 0.788. The van der Waals surface area contributed by atoms with E-state index in [1.165, 1.54) is 25.8 Å². The number of ether oxygens (including phenoxy) is 1. The minimum atomic E-state index is 0.171. The van der Waals surface area contributed by atoms with E-state index in [9.17, 15) is 0 Å². The van der Waals surface area contributed by atoms with Crippen LogP contribution < -0.4 is 10.1 Å². The van der Waals surface area contributed by atoms with Crippen molar-refractivity contribution in [1.29, 1.82) is 0 Å². The predicted molar refractivity (Wildman–Crippen MR) is 95.1 cm³/mol. The monoisotopic (exact) mass is 393 g/mol. The van der Waals surface area contributed by atoms with E-state index in [2.05, 4.69) is 71.2 Å². The van der Waals surface area contributed by atoms with Crippen LogP contribution >= 0.6 is 22.6 Å². The van der Waals surface area contributed by atoms with Gasteiger partial charge in [-0.2, -0.15) is 0 Å². The third-order valence-corrected chi connectivity index (χ3v) is 5.57. The minimum absolute atomic E-state index is 0.171. The fourth-order valence-corrected chi connectivity index (χ4v) is 3.68. The van der Waals surface area contributed by atoms with E-state index in [0.717, 1.165) is 25.2 Å². The Kier molecular flexibility index (Phi) is 4.50. The molecule has 0 fully saturated rings. The number of benzene rings is 2. The molecule has 1 N–H and O–H groups in total. The molecule has 2 aromatic carbocycles. The standard InChI is InChI=1S/C18H20INO/c1-12-6-3-9-14(16(12)19)17(20-2)15-10-4-7-13-8-5-11-21-18(13)15/h3-4,6-7,9-10,17,20H,5,8,11H2,1-2H3. The van der Waals surface area contributed by atoms with Crippen LogP contribution in [0.2, 0.25) is 0 Å². The maximum atomic E-state index is 5.99. The van der Waals surface area contributed by atoms with Gasteiger partial charge in [-0.25, -0.2) is 0 Å². The highest BCUT2D eigenvalue weighted by molar-refractivity contribution is 14.1. The average Bonchev–Trinajstić information content (AvgIpc) is 2.52. The highest BCUT2D eigenvalue weighted by Crippen LogP contribution is 2.37. The van der Waals surface area contributed by atoms with Crippen molar-refractivity contribution in [1.82, 2.24) is 5.32 Å². The van der Waals surface area contributed by atoms with Crippen LogP contribution in [0.1, 0.15) is 34.7 Å². The molecule has 21 heavy (non-hydrogen) atoms. The molecule has 3 heteroatoms. The lowest BCUT2D eigenvalue weighted by Crippen LogP contribution is -2.21. The van der Waals surface area contributed by atoms with Crippen LogP contribution in [0.25, 0.3) is 0 Å². The van der Waals surface area contributed by atoms with Crippen LogP contribution in [0.4, 0.5) is 0 Å². The Morgan fingerprint density at radius 3 is 2.71 bits per heavy atom. The molecule has 110 valence electrons. The topological polar surface area (TPSA) is 21.3 Å². The van der Waals surface area contributed by atoms with E-state index in [1.807, 2.05) is 7.05 Å². The van der Waals surface area contributed by atoms with Gasteiger partial charge in [-0.1, -0.05) is 36.4 Å². The zero-order valence-electron chi connectivity index (χ0n) is 12.4. The lowest BCUT2D eigenvalue weighted by atomic mass is 9.93. The normalized spacial score (nSPS) is 15.2. The van der Waals surface area contributed by atoms with E-state index >= 15 is 0 Å². The largest absolute Gasteiger partial charge is 0.493 e. The van der Waals surface area contributed by atoms with Crippen LogP contribution in [0, 0.1) is 10.5 Å². The number of para-hydroxylation sites is 1. The summed E-state index contributed by atoms with van der Waals surface area (Å²) in [6, 6.07) is 13.2. The van der Waals surface area contributed by atoms with Crippen molar-refractivity contribution in [2.75, 3.05) is 13.7 Å². The van der Waals surface area contributed by atoms with Crippen molar-refractivity contribution >= 4 is 22.6 Å². The molecule has 2 aromatic rings. The van der Waals surface area contributed by atoms with Gasteiger partial charge >= 0.3 is 0 Å². The van der Waals surface area contributed by atoms with Crippen molar-refractivity contribution in [3.63, 3.8) is 0 Å². The molecule has 0 saturated heterocycles. The molecule has 2 nitrogen and oxygen atoms in total. The minimum Gasteiger partial charge on any atom is -0.493 e. The average molecular weight is 393 g/mol. The summed E-state index contributed by atoms with van der Waals surface area (Å²) in [7, 11) is 2.02. The van der Waals surface area contributed by atoms with Crippen LogP contribution in [0.5, 0.6) is 5.75 Å². The zero-order valence-corrected chi connectivity index (χ0v) is 14.6. The summed E-state index contributed by atoms with van der Waals surface area (Å²) in [4.78, 5) is 0. The summed E-state index contributed by atoms with van der Waals surface area (Å²) in [5, 5.41) is 3.47. The van der Waals surface area contributed by atoms with Gasteiger partial charge in [0, 0.05) is 9.13 Å². The Hall–Kier alpha value is -1.07. The molecule has 1 heterocycles. The molecular formula is C18H20INO. The Bertz CT molecular complexity index is 654. The second-order valence-electron chi connectivity index (χ2n) is 5.49.